The molecule has 0 saturated heterocycles. The molecule has 36 valence electrons. The maximum atomic E-state index is 6.57. The number of nitrogens with one attached hydrogen (secondary N) is 1. The van der Waals surface area contributed by atoms with Gasteiger partial charge in [-0.15, -0.1) is 0 Å². The van der Waals surface area contributed by atoms with Crippen molar-refractivity contribution >= 4 is 20.3 Å². The number of aliphatic imine (C=N–C) groups is 1. The minimum Gasteiger partial charge on any atom is -0.313 e. The lowest BCUT2D eigenvalue weighted by Crippen LogP contribution is -1.92. The Hall–Kier alpha value is -0.595. The fourth-order valence-electron chi connectivity index (χ4n) is 0.215. The molecular formula is C4H7BN2. The van der Waals surface area contributed by atoms with Gasteiger partial charge in [-0.3, -0.25) is 0 Å². The molecule has 0 amide bonds. The second-order valence-corrected chi connectivity index (χ2v) is 1.15. The van der Waals surface area contributed by atoms with Gasteiger partial charge in [0.05, 0.1) is 7.85 Å². The van der Waals surface area contributed by atoms with E-state index in [1.54, 1.807) is 7.05 Å². The highest BCUT2D eigenvalue weighted by Gasteiger charge is 1.84. The summed E-state index contributed by atoms with van der Waals surface area (Å²) < 4.78 is 0. The molecule has 0 fully saturated rings. The van der Waals surface area contributed by atoms with E-state index in [0.717, 1.165) is 6.21 Å². The number of hydrogen-bond acceptors (Lipinski definition) is 2. The van der Waals surface area contributed by atoms with Crippen molar-refractivity contribution in [1.29, 1.82) is 5.41 Å². The van der Waals surface area contributed by atoms with Crippen LogP contribution < -0.4 is 0 Å². The highest BCUT2D eigenvalue weighted by molar-refractivity contribution is 6.29. The Morgan fingerprint density at radius 3 is 2.57 bits per heavy atom. The summed E-state index contributed by atoms with van der Waals surface area (Å²) in [7, 11) is 6.82. The Morgan fingerprint density at radius 1 is 1.86 bits per heavy atom. The van der Waals surface area contributed by atoms with Gasteiger partial charge in [-0.25, -0.2) is 0 Å². The Kier molecular flexibility index (Phi) is 3.28. The lowest BCUT2D eigenvalue weighted by Gasteiger charge is -1.88. The third-order valence-corrected chi connectivity index (χ3v) is 0.514. The average molecular weight is 93.9 g/mol. The quantitative estimate of drug-likeness (QED) is 0.377. The van der Waals surface area contributed by atoms with Crippen molar-refractivity contribution in [1.82, 2.24) is 0 Å². The lowest BCUT2D eigenvalue weighted by molar-refractivity contribution is 1.41. The van der Waals surface area contributed by atoms with Gasteiger partial charge in [-0.1, -0.05) is 0 Å². The summed E-state index contributed by atoms with van der Waals surface area (Å²) >= 11 is 0. The van der Waals surface area contributed by atoms with Gasteiger partial charge in [0.1, 0.15) is 0 Å². The maximum Gasteiger partial charge on any atom is 0.0853 e. The summed E-state index contributed by atoms with van der Waals surface area (Å²) in [6.45, 7) is 0. The van der Waals surface area contributed by atoms with Crippen LogP contribution in [-0.4, -0.2) is 27.3 Å². The molecule has 2 nitrogen and oxygen atoms in total. The van der Waals surface area contributed by atoms with Gasteiger partial charge in [0.2, 0.25) is 0 Å². The first kappa shape index (κ1) is 6.40. The normalized spacial score (nSPS) is 14.4. The molecule has 0 heterocycles. The van der Waals surface area contributed by atoms with E-state index in [1.807, 2.05) is 0 Å². The van der Waals surface area contributed by atoms with Crippen molar-refractivity contribution in [2.24, 2.45) is 4.99 Å². The van der Waals surface area contributed by atoms with Crippen LogP contribution in [0.5, 0.6) is 0 Å². The van der Waals surface area contributed by atoms with Gasteiger partial charge in [-0.2, -0.15) is 0 Å². The van der Waals surface area contributed by atoms with Crippen LogP contribution in [0, 0.1) is 5.41 Å². The predicted molar refractivity (Wildman–Crippen MR) is 32.7 cm³/mol. The molecular weight excluding hydrogens is 86.9 g/mol. The zero-order valence-electron chi connectivity index (χ0n) is 4.26. The van der Waals surface area contributed by atoms with E-state index < -0.39 is 0 Å². The SMILES string of the molecule is [B]C(C=N)C=NC. The summed E-state index contributed by atoms with van der Waals surface area (Å²) in [5.41, 5.74) is 0. The molecule has 0 saturated carbocycles. The van der Waals surface area contributed by atoms with Crippen LogP contribution in [0.25, 0.3) is 0 Å². The smallest absolute Gasteiger partial charge is 0.0853 e. The molecule has 0 aromatic rings. The molecule has 0 aliphatic carbocycles. The van der Waals surface area contributed by atoms with Crippen molar-refractivity contribution in [2.45, 2.75) is 5.82 Å². The number of hydrogen-bond donors (Lipinski definition) is 1. The molecule has 1 N–H and O–H groups in total. The van der Waals surface area contributed by atoms with E-state index in [-0.39, 0.29) is 5.82 Å². The van der Waals surface area contributed by atoms with Gasteiger partial charge in [0.15, 0.2) is 0 Å². The van der Waals surface area contributed by atoms with Gasteiger partial charge in [-0.05, 0) is 18.2 Å². The molecule has 0 aliphatic heterocycles. The molecule has 0 spiro atoms. The number of nitrogens with zero attached hydrogens (tertiary/aromatic N) is 1. The standard InChI is InChI=1S/C4H7BN2/c1-7-3-4(5)2-6/h2-4,6H,1H3. The highest BCUT2D eigenvalue weighted by atomic mass is 14.6. The summed E-state index contributed by atoms with van der Waals surface area (Å²) in [5, 5.41) is 6.57. The van der Waals surface area contributed by atoms with Crippen molar-refractivity contribution in [3.05, 3.63) is 0 Å². The van der Waals surface area contributed by atoms with Crippen LogP contribution in [0.1, 0.15) is 0 Å². The van der Waals surface area contributed by atoms with Crippen LogP contribution in [0.3, 0.4) is 0 Å². The first-order chi connectivity index (χ1) is 3.31. The molecule has 0 aromatic carbocycles. The fraction of sp³-hybridized carbons (Fsp3) is 0.500. The summed E-state index contributed by atoms with van der Waals surface area (Å²) in [6, 6.07) is 0. The Morgan fingerprint density at radius 2 is 2.43 bits per heavy atom. The van der Waals surface area contributed by atoms with Crippen LogP contribution in [0.4, 0.5) is 0 Å². The van der Waals surface area contributed by atoms with Crippen LogP contribution in [-0.2, 0) is 0 Å². The largest absolute Gasteiger partial charge is 0.313 e. The molecule has 0 aromatic heterocycles. The minimum absolute atomic E-state index is 0.301. The Labute approximate surface area is 44.6 Å². The van der Waals surface area contributed by atoms with E-state index in [9.17, 15) is 0 Å². The predicted octanol–water partition coefficient (Wildman–Crippen LogP) is 0.294. The zero-order chi connectivity index (χ0) is 5.70. The average Bonchev–Trinajstić information content (AvgIpc) is 1.68. The summed E-state index contributed by atoms with van der Waals surface area (Å²) in [4.78, 5) is 3.61. The number of rotatable bonds is 2. The second kappa shape index (κ2) is 3.59. The van der Waals surface area contributed by atoms with Gasteiger partial charge in [0.25, 0.3) is 0 Å². The van der Waals surface area contributed by atoms with Crippen molar-refractivity contribution < 1.29 is 0 Å². The second-order valence-electron chi connectivity index (χ2n) is 1.15. The van der Waals surface area contributed by atoms with Crippen molar-refractivity contribution in [3.8, 4) is 0 Å². The minimum atomic E-state index is -0.301. The molecule has 0 aliphatic rings. The lowest BCUT2D eigenvalue weighted by atomic mass is 9.90. The zero-order valence-corrected chi connectivity index (χ0v) is 4.26. The Balaban J connectivity index is 3.35. The van der Waals surface area contributed by atoms with E-state index in [0.29, 0.717) is 0 Å². The molecule has 1 unspecified atom stereocenters. The first-order valence-corrected chi connectivity index (χ1v) is 1.99. The third kappa shape index (κ3) is 3.23. The monoisotopic (exact) mass is 94.1 g/mol. The molecule has 7 heavy (non-hydrogen) atoms. The molecule has 0 rings (SSSR count). The van der Waals surface area contributed by atoms with E-state index in [1.165, 1.54) is 6.21 Å². The molecule has 1 atom stereocenters. The van der Waals surface area contributed by atoms with E-state index in [2.05, 4.69) is 4.99 Å². The Bertz CT molecular complexity index is 79.8. The third-order valence-electron chi connectivity index (χ3n) is 0.514. The first-order valence-electron chi connectivity index (χ1n) is 1.99. The summed E-state index contributed by atoms with van der Waals surface area (Å²) in [5.74, 6) is -0.301. The van der Waals surface area contributed by atoms with Gasteiger partial charge < -0.3 is 10.4 Å². The van der Waals surface area contributed by atoms with Crippen molar-refractivity contribution in [2.75, 3.05) is 7.05 Å². The van der Waals surface area contributed by atoms with E-state index in [4.69, 9.17) is 13.3 Å². The van der Waals surface area contributed by atoms with Crippen LogP contribution in [0.2, 0.25) is 5.82 Å². The van der Waals surface area contributed by atoms with Gasteiger partial charge in [0, 0.05) is 7.05 Å². The topological polar surface area (TPSA) is 36.2 Å². The maximum absolute atomic E-state index is 6.57. The summed E-state index contributed by atoms with van der Waals surface area (Å²) in [6.07, 6.45) is 2.64. The molecule has 0 bridgehead atoms. The van der Waals surface area contributed by atoms with Crippen molar-refractivity contribution in [3.63, 3.8) is 0 Å². The van der Waals surface area contributed by atoms with Crippen LogP contribution >= 0.6 is 0 Å². The molecule has 3 heteroatoms. The molecule has 2 radical (unpaired) electrons. The van der Waals surface area contributed by atoms with E-state index >= 15 is 0 Å². The highest BCUT2D eigenvalue weighted by Crippen LogP contribution is 1.82. The fourth-order valence-corrected chi connectivity index (χ4v) is 0.215. The van der Waals surface area contributed by atoms with Crippen LogP contribution in [0.15, 0.2) is 4.99 Å². The van der Waals surface area contributed by atoms with Gasteiger partial charge >= 0.3 is 0 Å².